The predicted molar refractivity (Wildman–Crippen MR) is 105 cm³/mol. The van der Waals surface area contributed by atoms with Crippen molar-refractivity contribution < 1.29 is 9.53 Å². The summed E-state index contributed by atoms with van der Waals surface area (Å²) >= 11 is 0. The molecule has 26 heavy (non-hydrogen) atoms. The lowest BCUT2D eigenvalue weighted by Gasteiger charge is -2.15. The van der Waals surface area contributed by atoms with E-state index in [-0.39, 0.29) is 5.91 Å². The van der Waals surface area contributed by atoms with E-state index in [0.29, 0.717) is 18.5 Å². The number of carbonyl (C=O) groups is 1. The average molecular weight is 345 g/mol. The smallest absolute Gasteiger partial charge is 0.251 e. The molecule has 3 nitrogen and oxygen atoms in total. The van der Waals surface area contributed by atoms with Crippen LogP contribution >= 0.6 is 0 Å². The van der Waals surface area contributed by atoms with Crippen LogP contribution in [-0.4, -0.2) is 12.5 Å². The minimum Gasteiger partial charge on any atom is -0.457 e. The number of aryl methyl sites for hydroxylation is 2. The Morgan fingerprint density at radius 1 is 0.846 bits per heavy atom. The predicted octanol–water partition coefficient (Wildman–Crippen LogP) is 5.07. The molecule has 0 fully saturated rings. The van der Waals surface area contributed by atoms with Crippen LogP contribution in [0.3, 0.4) is 0 Å². The second-order valence-electron chi connectivity index (χ2n) is 6.30. The largest absolute Gasteiger partial charge is 0.457 e. The number of ether oxygens (including phenoxy) is 1. The van der Waals surface area contributed by atoms with E-state index in [4.69, 9.17) is 4.74 Å². The Balaban J connectivity index is 1.67. The van der Waals surface area contributed by atoms with Crippen molar-refractivity contribution in [1.82, 2.24) is 5.32 Å². The van der Waals surface area contributed by atoms with Gasteiger partial charge in [0.15, 0.2) is 0 Å². The van der Waals surface area contributed by atoms with Gasteiger partial charge in [-0.25, -0.2) is 0 Å². The molecule has 0 saturated heterocycles. The van der Waals surface area contributed by atoms with Crippen molar-refractivity contribution in [2.75, 3.05) is 6.54 Å². The van der Waals surface area contributed by atoms with Crippen molar-refractivity contribution in [2.24, 2.45) is 0 Å². The highest BCUT2D eigenvalue weighted by molar-refractivity contribution is 5.94. The molecule has 0 heterocycles. The molecule has 3 aromatic rings. The summed E-state index contributed by atoms with van der Waals surface area (Å²) in [4.78, 5) is 12.2. The van der Waals surface area contributed by atoms with E-state index < -0.39 is 0 Å². The summed E-state index contributed by atoms with van der Waals surface area (Å²) in [5, 5.41) is 2.97. The molecule has 0 bridgehead atoms. The maximum absolute atomic E-state index is 12.2. The van der Waals surface area contributed by atoms with Crippen LogP contribution in [0.2, 0.25) is 0 Å². The fourth-order valence-electron chi connectivity index (χ4n) is 2.88. The third-order valence-corrected chi connectivity index (χ3v) is 4.31. The Bertz CT molecular complexity index is 867. The molecule has 0 atom stereocenters. The summed E-state index contributed by atoms with van der Waals surface area (Å²) in [7, 11) is 0. The zero-order chi connectivity index (χ0) is 18.4. The van der Waals surface area contributed by atoms with Gasteiger partial charge in [-0.15, -0.1) is 0 Å². The van der Waals surface area contributed by atoms with Gasteiger partial charge in [-0.05, 0) is 55.2 Å². The van der Waals surface area contributed by atoms with Crippen LogP contribution in [0.25, 0.3) is 0 Å². The van der Waals surface area contributed by atoms with Gasteiger partial charge in [0.05, 0.1) is 0 Å². The summed E-state index contributed by atoms with van der Waals surface area (Å²) in [6.07, 6.45) is 0.708. The van der Waals surface area contributed by atoms with Crippen LogP contribution in [-0.2, 0) is 6.42 Å². The minimum absolute atomic E-state index is 0.0567. The molecule has 0 aliphatic heterocycles. The molecule has 3 rings (SSSR count). The number of para-hydroxylation sites is 2. The molecule has 0 saturated carbocycles. The molecule has 3 aromatic carbocycles. The molecule has 0 aliphatic rings. The molecule has 0 radical (unpaired) electrons. The fourth-order valence-corrected chi connectivity index (χ4v) is 2.88. The van der Waals surface area contributed by atoms with Crippen LogP contribution in [0.1, 0.15) is 27.0 Å². The molecule has 0 aliphatic carbocycles. The van der Waals surface area contributed by atoms with E-state index >= 15 is 0 Å². The zero-order valence-corrected chi connectivity index (χ0v) is 15.2. The summed E-state index contributed by atoms with van der Waals surface area (Å²) in [5.41, 5.74) is 3.96. The Morgan fingerprint density at radius 2 is 1.50 bits per heavy atom. The Morgan fingerprint density at radius 3 is 2.23 bits per heavy atom. The quantitative estimate of drug-likeness (QED) is 0.677. The summed E-state index contributed by atoms with van der Waals surface area (Å²) in [6.45, 7) is 4.65. The molecule has 3 heteroatoms. The van der Waals surface area contributed by atoms with Crippen molar-refractivity contribution in [3.63, 3.8) is 0 Å². The Hall–Kier alpha value is -3.07. The van der Waals surface area contributed by atoms with Gasteiger partial charge in [0.25, 0.3) is 5.91 Å². The third kappa shape index (κ3) is 4.31. The maximum Gasteiger partial charge on any atom is 0.251 e. The lowest BCUT2D eigenvalue weighted by Crippen LogP contribution is -2.25. The Kier molecular flexibility index (Phi) is 5.69. The van der Waals surface area contributed by atoms with Gasteiger partial charge in [0.1, 0.15) is 11.5 Å². The second-order valence-corrected chi connectivity index (χ2v) is 6.30. The van der Waals surface area contributed by atoms with Crippen LogP contribution in [0.4, 0.5) is 0 Å². The van der Waals surface area contributed by atoms with E-state index in [1.165, 1.54) is 0 Å². The van der Waals surface area contributed by atoms with E-state index in [9.17, 15) is 4.79 Å². The number of rotatable bonds is 6. The summed E-state index contributed by atoms with van der Waals surface area (Å²) < 4.78 is 6.20. The average Bonchev–Trinajstić information content (AvgIpc) is 2.66. The maximum atomic E-state index is 12.2. The molecule has 0 unspecified atom stereocenters. The van der Waals surface area contributed by atoms with E-state index in [2.05, 4.69) is 5.32 Å². The van der Waals surface area contributed by atoms with Crippen molar-refractivity contribution in [2.45, 2.75) is 20.3 Å². The van der Waals surface area contributed by atoms with Gasteiger partial charge in [-0.3, -0.25) is 4.79 Å². The van der Waals surface area contributed by atoms with Crippen LogP contribution in [0, 0.1) is 13.8 Å². The first-order chi connectivity index (χ1) is 12.6. The standard InChI is InChI=1S/C23H23NO2/c1-17-9-8-10-18(2)22(17)26-21-14-7-6-11-19(21)15-16-24-23(25)20-12-4-3-5-13-20/h3-14H,15-16H2,1-2H3,(H,24,25). The number of benzene rings is 3. The van der Waals surface area contributed by atoms with Crippen molar-refractivity contribution in [3.05, 3.63) is 95.1 Å². The first-order valence-corrected chi connectivity index (χ1v) is 8.80. The monoisotopic (exact) mass is 345 g/mol. The first kappa shape index (κ1) is 17.7. The fraction of sp³-hybridized carbons (Fsp3) is 0.174. The van der Waals surface area contributed by atoms with Crippen LogP contribution in [0.15, 0.2) is 72.8 Å². The molecule has 0 aromatic heterocycles. The van der Waals surface area contributed by atoms with Gasteiger partial charge < -0.3 is 10.1 Å². The van der Waals surface area contributed by atoms with Gasteiger partial charge >= 0.3 is 0 Å². The lowest BCUT2D eigenvalue weighted by molar-refractivity contribution is 0.0954. The SMILES string of the molecule is Cc1cccc(C)c1Oc1ccccc1CCNC(=O)c1ccccc1. The van der Waals surface area contributed by atoms with Gasteiger partial charge in [0, 0.05) is 12.1 Å². The topological polar surface area (TPSA) is 38.3 Å². The lowest BCUT2D eigenvalue weighted by atomic mass is 10.1. The normalized spacial score (nSPS) is 10.4. The number of hydrogen-bond acceptors (Lipinski definition) is 2. The molecule has 1 amide bonds. The van der Waals surface area contributed by atoms with Crippen molar-refractivity contribution in [3.8, 4) is 11.5 Å². The second kappa shape index (κ2) is 8.34. The zero-order valence-electron chi connectivity index (χ0n) is 15.2. The van der Waals surface area contributed by atoms with Gasteiger partial charge in [-0.1, -0.05) is 54.6 Å². The summed E-state index contributed by atoms with van der Waals surface area (Å²) in [6, 6.07) is 23.3. The van der Waals surface area contributed by atoms with E-state index in [1.54, 1.807) is 0 Å². The number of carbonyl (C=O) groups excluding carboxylic acids is 1. The van der Waals surface area contributed by atoms with Crippen LogP contribution < -0.4 is 10.1 Å². The van der Waals surface area contributed by atoms with Gasteiger partial charge in [0.2, 0.25) is 0 Å². The number of hydrogen-bond donors (Lipinski definition) is 1. The van der Waals surface area contributed by atoms with Crippen LogP contribution in [0.5, 0.6) is 11.5 Å². The van der Waals surface area contributed by atoms with Crippen molar-refractivity contribution >= 4 is 5.91 Å². The van der Waals surface area contributed by atoms with E-state index in [0.717, 1.165) is 28.2 Å². The summed E-state index contributed by atoms with van der Waals surface area (Å²) in [5.74, 6) is 1.67. The van der Waals surface area contributed by atoms with Gasteiger partial charge in [-0.2, -0.15) is 0 Å². The third-order valence-electron chi connectivity index (χ3n) is 4.31. The highest BCUT2D eigenvalue weighted by Gasteiger charge is 2.09. The van der Waals surface area contributed by atoms with E-state index in [1.807, 2.05) is 86.6 Å². The van der Waals surface area contributed by atoms with Crippen molar-refractivity contribution in [1.29, 1.82) is 0 Å². The molecule has 0 spiro atoms. The number of nitrogens with one attached hydrogen (secondary N) is 1. The minimum atomic E-state index is -0.0567. The Labute approximate surface area is 154 Å². The molecular weight excluding hydrogens is 322 g/mol. The molecule has 132 valence electrons. The highest BCUT2D eigenvalue weighted by Crippen LogP contribution is 2.30. The first-order valence-electron chi connectivity index (χ1n) is 8.80. The number of amides is 1. The highest BCUT2D eigenvalue weighted by atomic mass is 16.5. The molecule has 1 N–H and O–H groups in total. The molecular formula is C23H23NO2.